The first-order chi connectivity index (χ1) is 14.2. The van der Waals surface area contributed by atoms with E-state index in [9.17, 15) is 13.2 Å². The highest BCUT2D eigenvalue weighted by Crippen LogP contribution is 2.33. The Kier molecular flexibility index (Phi) is 5.25. The lowest BCUT2D eigenvalue weighted by atomic mass is 10.0. The van der Waals surface area contributed by atoms with Crippen molar-refractivity contribution in [2.75, 3.05) is 17.1 Å². The van der Waals surface area contributed by atoms with E-state index < -0.39 is 10.2 Å². The van der Waals surface area contributed by atoms with Gasteiger partial charge in [0.1, 0.15) is 11.5 Å². The highest BCUT2D eigenvalue weighted by atomic mass is 32.2. The van der Waals surface area contributed by atoms with Gasteiger partial charge in [-0.15, -0.1) is 0 Å². The second kappa shape index (κ2) is 7.73. The maximum absolute atomic E-state index is 12.4. The number of carbonyl (C=O) groups excluding carboxylic acids is 1. The van der Waals surface area contributed by atoms with Crippen LogP contribution in [0.2, 0.25) is 0 Å². The van der Waals surface area contributed by atoms with Crippen molar-refractivity contribution in [2.45, 2.75) is 32.7 Å². The third kappa shape index (κ3) is 4.17. The number of amides is 1. The van der Waals surface area contributed by atoms with Crippen molar-refractivity contribution in [1.82, 2.24) is 14.3 Å². The zero-order valence-corrected chi connectivity index (χ0v) is 18.0. The number of nitrogens with one attached hydrogen (secondary N) is 3. The van der Waals surface area contributed by atoms with E-state index in [1.54, 1.807) is 25.4 Å². The molecule has 3 aromatic rings. The van der Waals surface area contributed by atoms with Crippen molar-refractivity contribution in [3.8, 4) is 11.1 Å². The predicted octanol–water partition coefficient (Wildman–Crippen LogP) is 3.58. The van der Waals surface area contributed by atoms with Crippen LogP contribution in [0.15, 0.2) is 42.6 Å². The minimum absolute atomic E-state index is 0.00150. The van der Waals surface area contributed by atoms with Crippen molar-refractivity contribution < 1.29 is 13.2 Å². The van der Waals surface area contributed by atoms with Gasteiger partial charge in [0.2, 0.25) is 5.91 Å². The van der Waals surface area contributed by atoms with Crippen LogP contribution in [0.3, 0.4) is 0 Å². The van der Waals surface area contributed by atoms with Crippen molar-refractivity contribution in [2.24, 2.45) is 5.92 Å². The van der Waals surface area contributed by atoms with Gasteiger partial charge >= 0.3 is 10.2 Å². The average Bonchev–Trinajstić information content (AvgIpc) is 3.45. The number of anilines is 2. The van der Waals surface area contributed by atoms with Crippen molar-refractivity contribution in [3.05, 3.63) is 42.6 Å². The van der Waals surface area contributed by atoms with Gasteiger partial charge in [-0.05, 0) is 62.1 Å². The van der Waals surface area contributed by atoms with Crippen molar-refractivity contribution >= 4 is 38.7 Å². The molecule has 0 saturated heterocycles. The minimum atomic E-state index is -3.62. The maximum Gasteiger partial charge on any atom is 0.301 e. The van der Waals surface area contributed by atoms with Gasteiger partial charge in [-0.25, -0.2) is 4.98 Å². The normalized spacial score (nSPS) is 14.4. The van der Waals surface area contributed by atoms with E-state index in [2.05, 4.69) is 20.0 Å². The van der Waals surface area contributed by atoms with E-state index in [0.29, 0.717) is 17.2 Å². The summed E-state index contributed by atoms with van der Waals surface area (Å²) in [4.78, 5) is 19.7. The summed E-state index contributed by atoms with van der Waals surface area (Å²) in [6.07, 6.45) is 3.65. The highest BCUT2D eigenvalue weighted by molar-refractivity contribution is 7.90. The van der Waals surface area contributed by atoms with Crippen LogP contribution in [0.4, 0.5) is 11.5 Å². The summed E-state index contributed by atoms with van der Waals surface area (Å²) < 4.78 is 28.7. The number of hydrogen-bond donors (Lipinski definition) is 3. The standard InChI is InChI=1S/C21H25N5O3S/c1-13(2)26(3)30(28,29)25-16-8-6-14(7-9-16)18-12-19(24-21(27)15-4-5-15)23-20-17(18)10-11-22-20/h6-13,15,25H,4-5H2,1-3H3,(H2,22,23,24,27). The molecule has 0 radical (unpaired) electrons. The first-order valence-electron chi connectivity index (χ1n) is 9.90. The number of pyridine rings is 1. The van der Waals surface area contributed by atoms with E-state index in [1.807, 2.05) is 38.1 Å². The molecule has 9 heteroatoms. The average molecular weight is 428 g/mol. The van der Waals surface area contributed by atoms with Gasteiger partial charge < -0.3 is 10.3 Å². The zero-order valence-electron chi connectivity index (χ0n) is 17.1. The van der Waals surface area contributed by atoms with Gasteiger partial charge in [-0.1, -0.05) is 12.1 Å². The molecule has 30 heavy (non-hydrogen) atoms. The number of fused-ring (bicyclic) bond motifs is 1. The van der Waals surface area contributed by atoms with Crippen LogP contribution in [-0.2, 0) is 15.0 Å². The number of carbonyl (C=O) groups is 1. The van der Waals surface area contributed by atoms with E-state index >= 15 is 0 Å². The molecule has 1 fully saturated rings. The number of hydrogen-bond acceptors (Lipinski definition) is 4. The van der Waals surface area contributed by atoms with E-state index in [0.717, 1.165) is 29.4 Å². The van der Waals surface area contributed by atoms with Gasteiger partial charge in [-0.2, -0.15) is 12.7 Å². The third-order valence-electron chi connectivity index (χ3n) is 5.28. The molecule has 1 aromatic carbocycles. The maximum atomic E-state index is 12.4. The molecular weight excluding hydrogens is 402 g/mol. The molecule has 1 saturated carbocycles. The summed E-state index contributed by atoms with van der Waals surface area (Å²) >= 11 is 0. The molecular formula is C21H25N5O3S. The summed E-state index contributed by atoms with van der Waals surface area (Å²) in [5, 5.41) is 3.82. The number of H-pyrrole nitrogens is 1. The SMILES string of the molecule is CC(C)N(C)S(=O)(=O)Nc1ccc(-c2cc(NC(=O)C3CC3)nc3[nH]ccc23)cc1. The Morgan fingerprint density at radius 1 is 1.20 bits per heavy atom. The Bertz CT molecular complexity index is 1180. The van der Waals surface area contributed by atoms with E-state index in [1.165, 1.54) is 4.31 Å². The van der Waals surface area contributed by atoms with Gasteiger partial charge in [0, 0.05) is 36.3 Å². The smallest absolute Gasteiger partial charge is 0.301 e. The van der Waals surface area contributed by atoms with Crippen molar-refractivity contribution in [1.29, 1.82) is 0 Å². The monoisotopic (exact) mass is 427 g/mol. The molecule has 0 aliphatic heterocycles. The molecule has 158 valence electrons. The number of aromatic amines is 1. The molecule has 0 unspecified atom stereocenters. The Balaban J connectivity index is 1.62. The summed E-state index contributed by atoms with van der Waals surface area (Å²) in [6.45, 7) is 3.63. The fraction of sp³-hybridized carbons (Fsp3) is 0.333. The summed E-state index contributed by atoms with van der Waals surface area (Å²) in [5.41, 5.74) is 2.96. The third-order valence-corrected chi connectivity index (χ3v) is 6.95. The number of benzene rings is 1. The predicted molar refractivity (Wildman–Crippen MR) is 118 cm³/mol. The lowest BCUT2D eigenvalue weighted by Gasteiger charge is -2.21. The lowest BCUT2D eigenvalue weighted by molar-refractivity contribution is -0.117. The Hall–Kier alpha value is -2.91. The first-order valence-corrected chi connectivity index (χ1v) is 11.3. The Morgan fingerprint density at radius 2 is 1.90 bits per heavy atom. The van der Waals surface area contributed by atoms with Crippen LogP contribution < -0.4 is 10.0 Å². The largest absolute Gasteiger partial charge is 0.346 e. The molecule has 1 aliphatic rings. The molecule has 2 heterocycles. The summed E-state index contributed by atoms with van der Waals surface area (Å²) in [7, 11) is -2.08. The zero-order chi connectivity index (χ0) is 21.5. The quantitative estimate of drug-likeness (QED) is 0.536. The van der Waals surface area contributed by atoms with E-state index in [-0.39, 0.29) is 17.9 Å². The molecule has 4 rings (SSSR count). The van der Waals surface area contributed by atoms with Crippen LogP contribution in [0, 0.1) is 5.92 Å². The number of aromatic nitrogens is 2. The molecule has 3 N–H and O–H groups in total. The van der Waals surface area contributed by atoms with Crippen LogP contribution in [0.25, 0.3) is 22.2 Å². The Morgan fingerprint density at radius 3 is 2.53 bits per heavy atom. The van der Waals surface area contributed by atoms with Gasteiger partial charge in [0.15, 0.2) is 0 Å². The van der Waals surface area contributed by atoms with Crippen molar-refractivity contribution in [3.63, 3.8) is 0 Å². The van der Waals surface area contributed by atoms with Gasteiger partial charge in [-0.3, -0.25) is 9.52 Å². The minimum Gasteiger partial charge on any atom is -0.346 e. The Labute approximate surface area is 175 Å². The van der Waals surface area contributed by atoms with Gasteiger partial charge in [0.25, 0.3) is 0 Å². The van der Waals surface area contributed by atoms with Gasteiger partial charge in [0.05, 0.1) is 0 Å². The van der Waals surface area contributed by atoms with Crippen LogP contribution in [-0.4, -0.2) is 41.7 Å². The molecule has 0 atom stereocenters. The molecule has 0 bridgehead atoms. The van der Waals surface area contributed by atoms with Crippen LogP contribution in [0.5, 0.6) is 0 Å². The highest BCUT2D eigenvalue weighted by Gasteiger charge is 2.30. The van der Waals surface area contributed by atoms with E-state index in [4.69, 9.17) is 0 Å². The summed E-state index contributed by atoms with van der Waals surface area (Å²) in [5.74, 6) is 0.587. The fourth-order valence-electron chi connectivity index (χ4n) is 3.13. The summed E-state index contributed by atoms with van der Waals surface area (Å²) in [6, 6.07) is 10.8. The molecule has 2 aromatic heterocycles. The molecule has 1 amide bonds. The van der Waals surface area contributed by atoms with Crippen LogP contribution >= 0.6 is 0 Å². The number of rotatable bonds is 7. The fourth-order valence-corrected chi connectivity index (χ4v) is 4.26. The molecule has 8 nitrogen and oxygen atoms in total. The topological polar surface area (TPSA) is 107 Å². The second-order valence-electron chi connectivity index (χ2n) is 7.85. The lowest BCUT2D eigenvalue weighted by Crippen LogP contribution is -2.37. The number of nitrogens with zero attached hydrogens (tertiary/aromatic N) is 2. The molecule has 0 spiro atoms. The first kappa shape index (κ1) is 20.4. The second-order valence-corrected chi connectivity index (χ2v) is 9.58. The van der Waals surface area contributed by atoms with Crippen LogP contribution in [0.1, 0.15) is 26.7 Å². The molecule has 1 aliphatic carbocycles.